The second-order valence-corrected chi connectivity index (χ2v) is 6.94. The Morgan fingerprint density at radius 1 is 1.27 bits per heavy atom. The summed E-state index contributed by atoms with van der Waals surface area (Å²) in [6.07, 6.45) is 4.14. The molecule has 0 bridgehead atoms. The zero-order valence-electron chi connectivity index (χ0n) is 14.9. The van der Waals surface area contributed by atoms with Gasteiger partial charge in [0.1, 0.15) is 17.5 Å². The van der Waals surface area contributed by atoms with Gasteiger partial charge in [-0.2, -0.15) is 4.98 Å². The van der Waals surface area contributed by atoms with Crippen LogP contribution >= 0.6 is 11.8 Å². The Balaban J connectivity index is 1.96. The van der Waals surface area contributed by atoms with Gasteiger partial charge in [-0.3, -0.25) is 4.79 Å². The molecule has 8 heteroatoms. The van der Waals surface area contributed by atoms with Crippen molar-refractivity contribution in [2.45, 2.75) is 30.5 Å². The third-order valence-corrected chi connectivity index (χ3v) is 5.30. The van der Waals surface area contributed by atoms with E-state index in [9.17, 15) is 4.79 Å². The summed E-state index contributed by atoms with van der Waals surface area (Å²) in [7, 11) is 3.25. The molecule has 0 amide bonds. The summed E-state index contributed by atoms with van der Waals surface area (Å²) in [5, 5.41) is 8.58. The van der Waals surface area contributed by atoms with E-state index in [1.807, 2.05) is 24.5 Å². The zero-order valence-corrected chi connectivity index (χ0v) is 15.7. The van der Waals surface area contributed by atoms with Gasteiger partial charge in [0.2, 0.25) is 11.1 Å². The molecule has 0 spiro atoms. The molecular weight excluding hydrogens is 352 g/mol. The molecule has 1 aliphatic heterocycles. The van der Waals surface area contributed by atoms with Gasteiger partial charge in [-0.25, -0.2) is 4.68 Å². The number of allylic oxidation sites excluding steroid dienone is 2. The van der Waals surface area contributed by atoms with E-state index in [0.29, 0.717) is 29.0 Å². The molecule has 2 aromatic rings. The molecule has 4 rings (SSSR count). The van der Waals surface area contributed by atoms with Gasteiger partial charge in [0.15, 0.2) is 5.78 Å². The van der Waals surface area contributed by atoms with Gasteiger partial charge in [0.05, 0.1) is 14.2 Å². The molecule has 0 radical (unpaired) electrons. The number of Topliss-reactive ketones (excluding diaryl/α,β-unsaturated/α-hetero) is 1. The van der Waals surface area contributed by atoms with Crippen LogP contribution in [0.1, 0.15) is 30.9 Å². The number of hydrogen-bond acceptors (Lipinski definition) is 7. The van der Waals surface area contributed by atoms with E-state index in [-0.39, 0.29) is 11.8 Å². The van der Waals surface area contributed by atoms with Gasteiger partial charge >= 0.3 is 0 Å². The van der Waals surface area contributed by atoms with Gasteiger partial charge in [-0.05, 0) is 37.3 Å². The summed E-state index contributed by atoms with van der Waals surface area (Å²) < 4.78 is 12.8. The maximum Gasteiger partial charge on any atom is 0.227 e. The standard InChI is InChI=1S/C18H20N4O3S/c1-24-10-7-8-14(25-2)11(9-10)16-15-12(5-4-6-13(15)23)19-17-20-18(26-3)21-22(16)17/h7-9,16H,4-6H2,1-3H3,(H,19,20,21)/t16-/m1/s1. The lowest BCUT2D eigenvalue weighted by Crippen LogP contribution is -2.31. The summed E-state index contributed by atoms with van der Waals surface area (Å²) in [6.45, 7) is 0. The van der Waals surface area contributed by atoms with E-state index in [4.69, 9.17) is 9.47 Å². The van der Waals surface area contributed by atoms with Crippen LogP contribution < -0.4 is 14.8 Å². The van der Waals surface area contributed by atoms with Crippen molar-refractivity contribution in [2.24, 2.45) is 0 Å². The zero-order chi connectivity index (χ0) is 18.3. The number of methoxy groups -OCH3 is 2. The highest BCUT2D eigenvalue weighted by Gasteiger charge is 2.38. The van der Waals surface area contributed by atoms with E-state index in [1.165, 1.54) is 11.8 Å². The first-order valence-electron chi connectivity index (χ1n) is 8.42. The van der Waals surface area contributed by atoms with Crippen LogP contribution in [0.15, 0.2) is 34.6 Å². The van der Waals surface area contributed by atoms with Crippen molar-refractivity contribution in [3.8, 4) is 11.5 Å². The van der Waals surface area contributed by atoms with Crippen molar-refractivity contribution in [1.82, 2.24) is 14.8 Å². The van der Waals surface area contributed by atoms with Gasteiger partial charge in [0, 0.05) is 23.3 Å². The molecule has 1 atom stereocenters. The lowest BCUT2D eigenvalue weighted by atomic mass is 9.85. The van der Waals surface area contributed by atoms with Gasteiger partial charge < -0.3 is 14.8 Å². The number of ketones is 1. The van der Waals surface area contributed by atoms with Crippen molar-refractivity contribution in [2.75, 3.05) is 25.8 Å². The fourth-order valence-electron chi connectivity index (χ4n) is 3.56. The number of hydrogen-bond donors (Lipinski definition) is 1. The highest BCUT2D eigenvalue weighted by Crippen LogP contribution is 2.43. The molecule has 136 valence electrons. The molecule has 0 saturated carbocycles. The fourth-order valence-corrected chi connectivity index (χ4v) is 3.91. The first-order valence-corrected chi connectivity index (χ1v) is 9.64. The summed E-state index contributed by atoms with van der Waals surface area (Å²) in [4.78, 5) is 17.4. The highest BCUT2D eigenvalue weighted by atomic mass is 32.2. The number of rotatable bonds is 4. The average molecular weight is 372 g/mol. The van der Waals surface area contributed by atoms with Gasteiger partial charge in [-0.1, -0.05) is 11.8 Å². The number of aromatic nitrogens is 3. The summed E-state index contributed by atoms with van der Waals surface area (Å²) >= 11 is 1.47. The smallest absolute Gasteiger partial charge is 0.227 e. The van der Waals surface area contributed by atoms with Gasteiger partial charge in [-0.15, -0.1) is 5.10 Å². The van der Waals surface area contributed by atoms with Crippen LogP contribution in [-0.2, 0) is 4.79 Å². The Kier molecular flexibility index (Phi) is 4.36. The van der Waals surface area contributed by atoms with Crippen LogP contribution in [0, 0.1) is 0 Å². The quantitative estimate of drug-likeness (QED) is 0.827. The Bertz CT molecular complexity index is 906. The molecule has 0 saturated heterocycles. The number of thioether (sulfide) groups is 1. The first kappa shape index (κ1) is 17.0. The number of benzene rings is 1. The molecule has 1 aromatic heterocycles. The van der Waals surface area contributed by atoms with Crippen molar-refractivity contribution >= 4 is 23.5 Å². The minimum absolute atomic E-state index is 0.139. The molecule has 1 N–H and O–H groups in total. The third kappa shape index (κ3) is 2.65. The minimum atomic E-state index is -0.382. The van der Waals surface area contributed by atoms with Crippen LogP contribution in [0.5, 0.6) is 11.5 Å². The van der Waals surface area contributed by atoms with E-state index < -0.39 is 0 Å². The maximum absolute atomic E-state index is 12.8. The van der Waals surface area contributed by atoms with E-state index >= 15 is 0 Å². The van der Waals surface area contributed by atoms with Crippen molar-refractivity contribution in [3.63, 3.8) is 0 Å². The highest BCUT2D eigenvalue weighted by molar-refractivity contribution is 7.98. The lowest BCUT2D eigenvalue weighted by Gasteiger charge is -2.32. The number of carbonyl (C=O) groups is 1. The van der Waals surface area contributed by atoms with Gasteiger partial charge in [0.25, 0.3) is 0 Å². The van der Waals surface area contributed by atoms with Crippen LogP contribution in [0.25, 0.3) is 0 Å². The largest absolute Gasteiger partial charge is 0.497 e. The summed E-state index contributed by atoms with van der Waals surface area (Å²) in [6, 6.07) is 5.23. The molecule has 2 aliphatic rings. The predicted octanol–water partition coefficient (Wildman–Crippen LogP) is 3.04. The summed E-state index contributed by atoms with van der Waals surface area (Å²) in [5.41, 5.74) is 2.52. The molecule has 0 fully saturated rings. The normalized spacial score (nSPS) is 18.9. The number of nitrogens with one attached hydrogen (secondary N) is 1. The van der Waals surface area contributed by atoms with Crippen molar-refractivity contribution in [1.29, 1.82) is 0 Å². The van der Waals surface area contributed by atoms with Crippen LogP contribution in [0.2, 0.25) is 0 Å². The van der Waals surface area contributed by atoms with Crippen LogP contribution in [0.4, 0.5) is 5.95 Å². The topological polar surface area (TPSA) is 78.3 Å². The Morgan fingerprint density at radius 3 is 2.85 bits per heavy atom. The van der Waals surface area contributed by atoms with E-state index in [0.717, 1.165) is 29.7 Å². The maximum atomic E-state index is 12.8. The number of nitrogens with zero attached hydrogens (tertiary/aromatic N) is 3. The average Bonchev–Trinajstić information content (AvgIpc) is 3.08. The molecule has 1 aromatic carbocycles. The Morgan fingerprint density at radius 2 is 2.12 bits per heavy atom. The predicted molar refractivity (Wildman–Crippen MR) is 99.0 cm³/mol. The second kappa shape index (κ2) is 6.68. The number of fused-ring (bicyclic) bond motifs is 1. The first-order chi connectivity index (χ1) is 12.7. The lowest BCUT2D eigenvalue weighted by molar-refractivity contribution is -0.116. The molecule has 1 aliphatic carbocycles. The van der Waals surface area contributed by atoms with Crippen LogP contribution in [0.3, 0.4) is 0 Å². The van der Waals surface area contributed by atoms with E-state index in [1.54, 1.807) is 18.9 Å². The molecular formula is C18H20N4O3S. The molecule has 26 heavy (non-hydrogen) atoms. The minimum Gasteiger partial charge on any atom is -0.497 e. The van der Waals surface area contributed by atoms with Crippen molar-refractivity contribution < 1.29 is 14.3 Å². The second-order valence-electron chi connectivity index (χ2n) is 6.17. The number of ether oxygens (including phenoxy) is 2. The number of carbonyl (C=O) groups excluding carboxylic acids is 1. The summed E-state index contributed by atoms with van der Waals surface area (Å²) in [5.74, 6) is 2.18. The Hall–Kier alpha value is -2.48. The molecule has 7 nitrogen and oxygen atoms in total. The van der Waals surface area contributed by atoms with Crippen molar-refractivity contribution in [3.05, 3.63) is 35.0 Å². The third-order valence-electron chi connectivity index (χ3n) is 4.76. The van der Waals surface area contributed by atoms with Crippen LogP contribution in [-0.4, -0.2) is 41.0 Å². The molecule has 2 heterocycles. The number of anilines is 1. The monoisotopic (exact) mass is 372 g/mol. The molecule has 0 unspecified atom stereocenters. The Labute approximate surface area is 155 Å². The SMILES string of the molecule is COc1ccc(OC)c([C@@H]2C3=C(CCCC3=O)Nc3nc(SC)nn32)c1. The fraction of sp³-hybridized carbons (Fsp3) is 0.389. The van der Waals surface area contributed by atoms with E-state index in [2.05, 4.69) is 15.4 Å².